The smallest absolute Gasteiger partial charge is 0.164 e. The number of nitrogens with zero attached hydrogens (tertiary/aromatic N) is 10. The van der Waals surface area contributed by atoms with Crippen LogP contribution in [0.1, 0.15) is 0 Å². The molecule has 26 aromatic rings. The molecule has 0 fully saturated rings. The van der Waals surface area contributed by atoms with Crippen molar-refractivity contribution in [3.8, 4) is 102 Å². The van der Waals surface area contributed by atoms with Crippen LogP contribution in [0, 0.1) is 0 Å². The Hall–Kier alpha value is -16.8. The van der Waals surface area contributed by atoms with E-state index in [2.05, 4.69) is 394 Å². The van der Waals surface area contributed by atoms with Crippen molar-refractivity contribution in [3.63, 3.8) is 0 Å². The largest absolute Gasteiger partial charge is 0.309 e. The number of aromatic nitrogens is 10. The van der Waals surface area contributed by atoms with Gasteiger partial charge in [0, 0.05) is 98.9 Å². The van der Waals surface area contributed by atoms with Gasteiger partial charge >= 0.3 is 0 Å². The molecular formula is C114H68N10. The predicted octanol–water partition coefficient (Wildman–Crippen LogP) is 29.0. The molecule has 0 bridgehead atoms. The Balaban J connectivity index is 0.661. The van der Waals surface area contributed by atoms with Crippen LogP contribution in [0.4, 0.5) is 0 Å². The van der Waals surface area contributed by atoms with E-state index in [0.29, 0.717) is 34.9 Å². The van der Waals surface area contributed by atoms with E-state index >= 15 is 0 Å². The fraction of sp³-hybridized carbons (Fsp3) is 0. The van der Waals surface area contributed by atoms with Gasteiger partial charge in [0.2, 0.25) is 0 Å². The van der Waals surface area contributed by atoms with Crippen molar-refractivity contribution < 1.29 is 0 Å². The number of fused-ring (bicyclic) bond motifs is 18. The van der Waals surface area contributed by atoms with E-state index in [0.717, 1.165) is 176 Å². The van der Waals surface area contributed by atoms with E-state index in [1.165, 1.54) is 43.4 Å². The summed E-state index contributed by atoms with van der Waals surface area (Å²) < 4.78 is 9.81. The van der Waals surface area contributed by atoms with Crippen molar-refractivity contribution in [2.45, 2.75) is 0 Å². The number of hydrogen-bond donors (Lipinski definition) is 0. The third-order valence-electron chi connectivity index (χ3n) is 25.6. The van der Waals surface area contributed by atoms with Crippen molar-refractivity contribution in [3.05, 3.63) is 413 Å². The van der Waals surface area contributed by atoms with Crippen molar-refractivity contribution in [1.29, 1.82) is 0 Å². The first-order valence-electron chi connectivity index (χ1n) is 42.1. The number of para-hydroxylation sites is 4. The van der Waals surface area contributed by atoms with Crippen LogP contribution < -0.4 is 0 Å². The molecule has 0 spiro atoms. The third-order valence-corrected chi connectivity index (χ3v) is 25.6. The van der Waals surface area contributed by atoms with Crippen LogP contribution in [0.2, 0.25) is 0 Å². The van der Waals surface area contributed by atoms with E-state index in [1.807, 2.05) is 36.4 Å². The first-order valence-corrected chi connectivity index (χ1v) is 42.1. The second kappa shape index (κ2) is 27.4. The summed E-state index contributed by atoms with van der Waals surface area (Å²) in [7, 11) is 0. The Bertz CT molecular complexity index is 8960. The minimum Gasteiger partial charge on any atom is -0.309 e. The van der Waals surface area contributed by atoms with Crippen molar-refractivity contribution in [1.82, 2.24) is 48.2 Å². The molecule has 0 amide bonds. The van der Waals surface area contributed by atoms with E-state index in [4.69, 9.17) is 29.9 Å². The van der Waals surface area contributed by atoms with Gasteiger partial charge in [-0.05, 0) is 192 Å². The van der Waals surface area contributed by atoms with Gasteiger partial charge in [-0.15, -0.1) is 0 Å². The molecule has 0 N–H and O–H groups in total. The second-order valence-corrected chi connectivity index (χ2v) is 32.4. The molecule has 26 rings (SSSR count). The summed E-state index contributed by atoms with van der Waals surface area (Å²) in [4.78, 5) is 32.3. The molecule has 10 heteroatoms. The molecule has 20 aromatic carbocycles. The standard InChI is InChI=1S/C114H68N10/c1-3-27-71(28-4-1)109-115-111(77-50-49-69-25-7-8-31-73(69)61-77)119-114(116-109)93-57-56-84(85-55-53-80(67-95(85)93)123-101-46-21-17-40-89(101)96-64-78-62-79(52-51-76(78)66-106(96)123)121-99-44-19-15-38-87(99)88-39-16-20-45-100(88)121)90-42-24-48-105-108(90)94-41-18-22-47-102(94)122(105)81-54-59-104-98(68-81)97-63-74-32-9-10-33-75(74)65-107(97)124(104)103-60-58-92(83-36-13-14-37-86(83)103)113-118-110(72-29-5-2-6-30-72)117-112(120-113)91-43-23-34-70-26-11-12-35-82(70)91/h1-68H. The lowest BCUT2D eigenvalue weighted by atomic mass is 9.91. The summed E-state index contributed by atoms with van der Waals surface area (Å²) in [5.74, 6) is 3.60. The summed E-state index contributed by atoms with van der Waals surface area (Å²) in [6.07, 6.45) is 0. The van der Waals surface area contributed by atoms with E-state index < -0.39 is 0 Å². The average Bonchev–Trinajstić information content (AvgIpc) is 1.52. The minimum atomic E-state index is 0.576. The number of benzene rings is 20. The van der Waals surface area contributed by atoms with Gasteiger partial charge < -0.3 is 18.3 Å². The normalized spacial score (nSPS) is 12.0. The maximum absolute atomic E-state index is 5.56. The molecule has 6 heterocycles. The molecule has 124 heavy (non-hydrogen) atoms. The van der Waals surface area contributed by atoms with E-state index in [-0.39, 0.29) is 0 Å². The molecule has 0 radical (unpaired) electrons. The summed E-state index contributed by atoms with van der Waals surface area (Å²) >= 11 is 0. The lowest BCUT2D eigenvalue weighted by Crippen LogP contribution is -2.02. The molecule has 0 aliphatic rings. The maximum atomic E-state index is 5.56. The summed E-state index contributed by atoms with van der Waals surface area (Å²) in [6, 6.07) is 149. The Morgan fingerprint density at radius 2 is 0.524 bits per heavy atom. The van der Waals surface area contributed by atoms with Crippen molar-refractivity contribution in [2.24, 2.45) is 0 Å². The highest BCUT2D eigenvalue weighted by Gasteiger charge is 2.27. The van der Waals surface area contributed by atoms with Gasteiger partial charge in [0.1, 0.15) is 0 Å². The van der Waals surface area contributed by atoms with Crippen LogP contribution in [0.25, 0.3) is 254 Å². The molecule has 0 atom stereocenters. The van der Waals surface area contributed by atoms with Crippen LogP contribution in [0.5, 0.6) is 0 Å². The van der Waals surface area contributed by atoms with E-state index in [1.54, 1.807) is 0 Å². The molecule has 0 saturated carbocycles. The van der Waals surface area contributed by atoms with Gasteiger partial charge in [-0.25, -0.2) is 29.9 Å². The third kappa shape index (κ3) is 10.8. The molecule has 0 saturated heterocycles. The predicted molar refractivity (Wildman–Crippen MR) is 514 cm³/mol. The highest BCUT2D eigenvalue weighted by molar-refractivity contribution is 6.22. The van der Waals surface area contributed by atoms with E-state index in [9.17, 15) is 0 Å². The topological polar surface area (TPSA) is 97.1 Å². The minimum absolute atomic E-state index is 0.576. The fourth-order valence-corrected chi connectivity index (χ4v) is 19.9. The van der Waals surface area contributed by atoms with Gasteiger partial charge in [-0.1, -0.05) is 291 Å². The highest BCUT2D eigenvalue weighted by Crippen LogP contribution is 2.48. The van der Waals surface area contributed by atoms with Crippen LogP contribution in [-0.4, -0.2) is 48.2 Å². The monoisotopic (exact) mass is 1580 g/mol. The van der Waals surface area contributed by atoms with Gasteiger partial charge in [0.05, 0.1) is 49.8 Å². The zero-order valence-corrected chi connectivity index (χ0v) is 66.7. The number of rotatable bonds is 11. The van der Waals surface area contributed by atoms with Crippen LogP contribution in [0.3, 0.4) is 0 Å². The Morgan fingerprint density at radius 1 is 0.145 bits per heavy atom. The Labute approximate surface area is 710 Å². The van der Waals surface area contributed by atoms with Gasteiger partial charge in [-0.2, -0.15) is 0 Å². The quantitative estimate of drug-likeness (QED) is 0.128. The molecule has 6 aromatic heterocycles. The van der Waals surface area contributed by atoms with Crippen molar-refractivity contribution in [2.75, 3.05) is 0 Å². The number of hydrogen-bond acceptors (Lipinski definition) is 6. The molecule has 0 aliphatic heterocycles. The summed E-state index contributed by atoms with van der Waals surface area (Å²) in [5.41, 5.74) is 20.9. The summed E-state index contributed by atoms with van der Waals surface area (Å²) in [5, 5.41) is 22.7. The lowest BCUT2D eigenvalue weighted by Gasteiger charge is -2.17. The Morgan fingerprint density at radius 3 is 1.21 bits per heavy atom. The zero-order valence-electron chi connectivity index (χ0n) is 66.7. The summed E-state index contributed by atoms with van der Waals surface area (Å²) in [6.45, 7) is 0. The van der Waals surface area contributed by atoms with Crippen LogP contribution in [-0.2, 0) is 0 Å². The van der Waals surface area contributed by atoms with Gasteiger partial charge in [0.25, 0.3) is 0 Å². The van der Waals surface area contributed by atoms with Crippen molar-refractivity contribution >= 4 is 152 Å². The zero-order chi connectivity index (χ0) is 81.2. The molecule has 10 nitrogen and oxygen atoms in total. The van der Waals surface area contributed by atoms with Crippen LogP contribution >= 0.6 is 0 Å². The highest BCUT2D eigenvalue weighted by atomic mass is 15.1. The lowest BCUT2D eigenvalue weighted by molar-refractivity contribution is 1.08. The van der Waals surface area contributed by atoms with Crippen LogP contribution in [0.15, 0.2) is 413 Å². The van der Waals surface area contributed by atoms with Gasteiger partial charge in [-0.3, -0.25) is 0 Å². The fourth-order valence-electron chi connectivity index (χ4n) is 19.9. The molecule has 0 unspecified atom stereocenters. The molecule has 0 aliphatic carbocycles. The SMILES string of the molecule is c1ccc(-c2nc(-c3ccc4ccccc4c3)nc(-c3ccc(-c4cccc5c4c4ccccc4n5-c4ccc5c(c4)c4cc6ccccc6cc4n5-c4ccc(-c5nc(-c6ccccc6)nc(-c6cccc7ccccc67)n5)c5ccccc45)c4ccc(-n5c6ccccc6c6cc7cc(-n8c9ccccc9c9ccccc98)ccc7cc65)cc34)n2)cc1. The maximum Gasteiger partial charge on any atom is 0.164 e. The molecule has 574 valence electrons. The average molecular weight is 1580 g/mol. The first-order chi connectivity index (χ1) is 61.5. The van der Waals surface area contributed by atoms with Gasteiger partial charge in [0.15, 0.2) is 34.9 Å². The molecular weight excluding hydrogens is 1510 g/mol. The first kappa shape index (κ1) is 69.2. The Kier molecular flexibility index (Phi) is 15.3. The second-order valence-electron chi connectivity index (χ2n) is 32.4.